The van der Waals surface area contributed by atoms with E-state index in [1.807, 2.05) is 45.1 Å². The number of fused-ring (bicyclic) bond motifs is 1. The van der Waals surface area contributed by atoms with Crippen molar-refractivity contribution in [2.24, 2.45) is 5.92 Å². The van der Waals surface area contributed by atoms with Crippen molar-refractivity contribution in [2.75, 3.05) is 4.90 Å². The van der Waals surface area contributed by atoms with E-state index in [1.165, 1.54) is 17.0 Å². The van der Waals surface area contributed by atoms with Crippen molar-refractivity contribution in [1.29, 1.82) is 0 Å². The lowest BCUT2D eigenvalue weighted by atomic mass is 9.96. The summed E-state index contributed by atoms with van der Waals surface area (Å²) in [5.41, 5.74) is 4.61. The van der Waals surface area contributed by atoms with Crippen molar-refractivity contribution < 1.29 is 19.1 Å². The Morgan fingerprint density at radius 1 is 1.25 bits per heavy atom. The molecule has 1 aliphatic carbocycles. The summed E-state index contributed by atoms with van der Waals surface area (Å²) in [7, 11) is 0. The normalized spacial score (nSPS) is 18.2. The van der Waals surface area contributed by atoms with Crippen molar-refractivity contribution in [1.82, 2.24) is 0 Å². The van der Waals surface area contributed by atoms with Gasteiger partial charge in [0.15, 0.2) is 0 Å². The highest BCUT2D eigenvalue weighted by Gasteiger charge is 2.36. The zero-order chi connectivity index (χ0) is 23.2. The maximum absolute atomic E-state index is 14.4. The molecular formula is C26H23ClFNO3. The second-order valence-corrected chi connectivity index (χ2v) is 8.55. The molecule has 0 saturated heterocycles. The van der Waals surface area contributed by atoms with Crippen molar-refractivity contribution >= 4 is 40.4 Å². The highest BCUT2D eigenvalue weighted by atomic mass is 35.5. The third-order valence-electron chi connectivity index (χ3n) is 6.05. The summed E-state index contributed by atoms with van der Waals surface area (Å²) in [6.45, 7) is 5.83. The van der Waals surface area contributed by atoms with Gasteiger partial charge in [-0.2, -0.15) is 0 Å². The van der Waals surface area contributed by atoms with Crippen LogP contribution in [-0.4, -0.2) is 17.0 Å². The van der Waals surface area contributed by atoms with Gasteiger partial charge >= 0.3 is 5.97 Å². The van der Waals surface area contributed by atoms with E-state index in [-0.39, 0.29) is 11.6 Å². The second kappa shape index (κ2) is 8.40. The van der Waals surface area contributed by atoms with Gasteiger partial charge in [0.2, 0.25) is 0 Å². The van der Waals surface area contributed by atoms with Gasteiger partial charge in [-0.25, -0.2) is 9.18 Å². The summed E-state index contributed by atoms with van der Waals surface area (Å²) >= 11 is 6.54. The number of allylic oxidation sites excluding steroid dienone is 5. The number of amides is 1. The first-order valence-electron chi connectivity index (χ1n) is 10.5. The third kappa shape index (κ3) is 3.78. The van der Waals surface area contributed by atoms with Crippen LogP contribution in [0, 0.1) is 18.7 Å². The highest BCUT2D eigenvalue weighted by Crippen LogP contribution is 2.46. The molecule has 0 spiro atoms. The number of nitrogens with zero attached hydrogens (tertiary/aromatic N) is 1. The Morgan fingerprint density at radius 3 is 2.56 bits per heavy atom. The number of benzene rings is 2. The molecule has 1 fully saturated rings. The number of hydrogen-bond donors (Lipinski definition) is 1. The Hall–Kier alpha value is -3.18. The van der Waals surface area contributed by atoms with Crippen LogP contribution in [0.2, 0.25) is 0 Å². The topological polar surface area (TPSA) is 57.6 Å². The lowest BCUT2D eigenvalue weighted by Crippen LogP contribution is -2.21. The van der Waals surface area contributed by atoms with Gasteiger partial charge < -0.3 is 5.11 Å². The van der Waals surface area contributed by atoms with E-state index in [9.17, 15) is 14.0 Å². The van der Waals surface area contributed by atoms with Gasteiger partial charge in [0.05, 0.1) is 22.5 Å². The maximum Gasteiger partial charge on any atom is 0.338 e. The minimum Gasteiger partial charge on any atom is -0.478 e. The molecule has 0 radical (unpaired) electrons. The molecule has 1 amide bonds. The van der Waals surface area contributed by atoms with E-state index in [1.54, 1.807) is 6.07 Å². The van der Waals surface area contributed by atoms with Crippen LogP contribution < -0.4 is 4.90 Å². The molecule has 2 aromatic rings. The molecule has 4 rings (SSSR count). The minimum atomic E-state index is -1.36. The molecule has 2 aromatic carbocycles. The van der Waals surface area contributed by atoms with E-state index in [2.05, 4.69) is 0 Å². The number of carbonyl (C=O) groups is 2. The molecule has 4 nitrogen and oxygen atoms in total. The number of carboxylic acids is 1. The monoisotopic (exact) mass is 451 g/mol. The van der Waals surface area contributed by atoms with E-state index in [4.69, 9.17) is 16.7 Å². The quantitative estimate of drug-likeness (QED) is 0.403. The largest absolute Gasteiger partial charge is 0.478 e. The van der Waals surface area contributed by atoms with E-state index < -0.39 is 17.3 Å². The number of halogens is 2. The standard InChI is InChI=1S/C26H23ClFNO3/c1-4-21(27)19(15(3)16-8-9-16)13-20-24-14(2)6-5-7-23(24)29(25(20)30)17-10-11-18(26(31)32)22(28)12-17/h4-7,10-13,16H,8-9H2,1-3H3,(H,31,32)/b19-15?,20-13-,21-4+. The smallest absolute Gasteiger partial charge is 0.338 e. The lowest BCUT2D eigenvalue weighted by molar-refractivity contribution is -0.112. The van der Waals surface area contributed by atoms with Crippen LogP contribution in [0.3, 0.4) is 0 Å². The molecule has 6 heteroatoms. The summed E-state index contributed by atoms with van der Waals surface area (Å²) in [5.74, 6) is -2.09. The van der Waals surface area contributed by atoms with E-state index in [0.717, 1.165) is 41.2 Å². The van der Waals surface area contributed by atoms with Crippen molar-refractivity contribution in [2.45, 2.75) is 33.6 Å². The van der Waals surface area contributed by atoms with Crippen molar-refractivity contribution in [3.05, 3.63) is 87.2 Å². The Balaban J connectivity index is 1.90. The number of hydrogen-bond acceptors (Lipinski definition) is 2. The minimum absolute atomic E-state index is 0.273. The SMILES string of the molecule is C/C=C(/Cl)C(/C=C1\C(=O)N(c2ccc(C(=O)O)c(F)c2)c2cccc(C)c21)=C(C)C1CC1. The fourth-order valence-corrected chi connectivity index (χ4v) is 4.34. The van der Waals surface area contributed by atoms with Gasteiger partial charge in [0.25, 0.3) is 5.91 Å². The van der Waals surface area contributed by atoms with Gasteiger partial charge in [-0.3, -0.25) is 9.69 Å². The average Bonchev–Trinajstić information content (AvgIpc) is 3.56. The third-order valence-corrected chi connectivity index (χ3v) is 6.47. The van der Waals surface area contributed by atoms with Gasteiger partial charge in [0.1, 0.15) is 5.82 Å². The van der Waals surface area contributed by atoms with Crippen LogP contribution >= 0.6 is 11.6 Å². The molecule has 0 bridgehead atoms. The number of carbonyl (C=O) groups excluding carboxylic acids is 1. The summed E-state index contributed by atoms with van der Waals surface area (Å²) in [6, 6.07) is 9.28. The van der Waals surface area contributed by atoms with Crippen LogP contribution in [0.4, 0.5) is 15.8 Å². The Kier molecular flexibility index (Phi) is 5.78. The molecule has 1 saturated carbocycles. The van der Waals surface area contributed by atoms with Gasteiger partial charge in [0, 0.05) is 10.6 Å². The number of aromatic carboxylic acids is 1. The highest BCUT2D eigenvalue weighted by molar-refractivity contribution is 6.37. The average molecular weight is 452 g/mol. The molecule has 1 N–H and O–H groups in total. The fraction of sp³-hybridized carbons (Fsp3) is 0.231. The predicted octanol–water partition coefficient (Wildman–Crippen LogP) is 6.76. The first kappa shape index (κ1) is 22.0. The molecule has 0 atom stereocenters. The molecule has 0 aromatic heterocycles. The second-order valence-electron chi connectivity index (χ2n) is 8.14. The first-order chi connectivity index (χ1) is 15.2. The zero-order valence-electron chi connectivity index (χ0n) is 18.1. The maximum atomic E-state index is 14.4. The van der Waals surface area contributed by atoms with Gasteiger partial charge in [-0.15, -0.1) is 0 Å². The predicted molar refractivity (Wildman–Crippen MR) is 125 cm³/mol. The molecular weight excluding hydrogens is 429 g/mol. The Labute approximate surface area is 191 Å². The molecule has 2 aliphatic rings. The Morgan fingerprint density at radius 2 is 1.97 bits per heavy atom. The van der Waals surface area contributed by atoms with Crippen LogP contribution in [-0.2, 0) is 4.79 Å². The van der Waals surface area contributed by atoms with Crippen LogP contribution in [0.25, 0.3) is 5.57 Å². The molecule has 0 unspecified atom stereocenters. The number of rotatable bonds is 5. The lowest BCUT2D eigenvalue weighted by Gasteiger charge is -2.18. The fourth-order valence-electron chi connectivity index (χ4n) is 4.14. The zero-order valence-corrected chi connectivity index (χ0v) is 18.8. The molecule has 32 heavy (non-hydrogen) atoms. The van der Waals surface area contributed by atoms with E-state index in [0.29, 0.717) is 22.2 Å². The van der Waals surface area contributed by atoms with E-state index >= 15 is 0 Å². The molecule has 1 aliphatic heterocycles. The first-order valence-corrected chi connectivity index (χ1v) is 10.8. The van der Waals surface area contributed by atoms with Gasteiger partial charge in [-0.1, -0.05) is 35.4 Å². The van der Waals surface area contributed by atoms with Crippen LogP contribution in [0.1, 0.15) is 48.2 Å². The summed E-state index contributed by atoms with van der Waals surface area (Å²) in [4.78, 5) is 26.3. The molecule has 1 heterocycles. The Bertz CT molecular complexity index is 1240. The summed E-state index contributed by atoms with van der Waals surface area (Å²) < 4.78 is 14.4. The van der Waals surface area contributed by atoms with Crippen molar-refractivity contribution in [3.63, 3.8) is 0 Å². The number of aryl methyl sites for hydroxylation is 1. The summed E-state index contributed by atoms with van der Waals surface area (Å²) in [6.07, 6.45) is 5.87. The van der Waals surface area contributed by atoms with Crippen LogP contribution in [0.5, 0.6) is 0 Å². The van der Waals surface area contributed by atoms with Gasteiger partial charge in [-0.05, 0) is 81.0 Å². The number of carboxylic acid groups (broad SMARTS) is 1. The van der Waals surface area contributed by atoms with Crippen LogP contribution in [0.15, 0.2) is 64.7 Å². The summed E-state index contributed by atoms with van der Waals surface area (Å²) in [5, 5.41) is 9.72. The number of anilines is 2. The van der Waals surface area contributed by atoms with Crippen molar-refractivity contribution in [3.8, 4) is 0 Å². The molecule has 164 valence electrons.